The smallest absolute Gasteiger partial charge is 0.254 e. The third-order valence-electron chi connectivity index (χ3n) is 4.80. The molecule has 0 fully saturated rings. The number of imidazole rings is 1. The van der Waals surface area contributed by atoms with Crippen molar-refractivity contribution >= 4 is 5.91 Å². The van der Waals surface area contributed by atoms with Crippen LogP contribution in [0.4, 0.5) is 8.78 Å². The number of hydrogen-bond acceptors (Lipinski definition) is 3. The molecule has 156 valence electrons. The van der Waals surface area contributed by atoms with Crippen molar-refractivity contribution in [2.45, 2.75) is 6.54 Å². The highest BCUT2D eigenvalue weighted by atomic mass is 19.1. The molecule has 1 heterocycles. The van der Waals surface area contributed by atoms with E-state index in [1.54, 1.807) is 13.3 Å². The van der Waals surface area contributed by atoms with Crippen LogP contribution in [0.1, 0.15) is 15.9 Å². The van der Waals surface area contributed by atoms with Gasteiger partial charge in [-0.25, -0.2) is 13.8 Å². The second-order valence-electron chi connectivity index (χ2n) is 6.88. The Morgan fingerprint density at radius 2 is 1.84 bits per heavy atom. The second-order valence-corrected chi connectivity index (χ2v) is 6.88. The monoisotopic (exact) mass is 419 g/mol. The van der Waals surface area contributed by atoms with Crippen LogP contribution in [0.5, 0.6) is 5.75 Å². The highest BCUT2D eigenvalue weighted by Gasteiger charge is 2.13. The van der Waals surface area contributed by atoms with Gasteiger partial charge in [0.15, 0.2) is 0 Å². The first-order valence-corrected chi connectivity index (χ1v) is 9.55. The van der Waals surface area contributed by atoms with E-state index in [2.05, 4.69) is 15.3 Å². The Morgan fingerprint density at radius 1 is 1.03 bits per heavy atom. The molecular weight excluding hydrogens is 400 g/mol. The van der Waals surface area contributed by atoms with Crippen LogP contribution in [0.2, 0.25) is 0 Å². The largest absolute Gasteiger partial charge is 0.497 e. The first-order valence-electron chi connectivity index (χ1n) is 9.55. The van der Waals surface area contributed by atoms with Crippen molar-refractivity contribution < 1.29 is 18.3 Å². The summed E-state index contributed by atoms with van der Waals surface area (Å²) in [4.78, 5) is 19.9. The lowest BCUT2D eigenvalue weighted by molar-refractivity contribution is 0.0946. The number of hydrogen-bond donors (Lipinski definition) is 2. The van der Waals surface area contributed by atoms with E-state index in [1.165, 1.54) is 0 Å². The summed E-state index contributed by atoms with van der Waals surface area (Å²) in [5, 5.41) is 2.62. The van der Waals surface area contributed by atoms with Crippen LogP contribution < -0.4 is 10.1 Å². The van der Waals surface area contributed by atoms with E-state index in [0.717, 1.165) is 46.3 Å². The molecule has 0 saturated heterocycles. The van der Waals surface area contributed by atoms with Crippen molar-refractivity contribution in [2.24, 2.45) is 0 Å². The number of nitrogens with zero attached hydrogens (tertiary/aromatic N) is 1. The summed E-state index contributed by atoms with van der Waals surface area (Å²) in [6.07, 6.45) is 1.75. The molecule has 0 atom stereocenters. The number of ether oxygens (including phenoxy) is 1. The minimum Gasteiger partial charge on any atom is -0.497 e. The van der Waals surface area contributed by atoms with Gasteiger partial charge in [-0.3, -0.25) is 4.79 Å². The van der Waals surface area contributed by atoms with Crippen molar-refractivity contribution in [3.63, 3.8) is 0 Å². The number of methoxy groups -OCH3 is 1. The number of aromatic amines is 1. The summed E-state index contributed by atoms with van der Waals surface area (Å²) in [7, 11) is 1.62. The van der Waals surface area contributed by atoms with E-state index in [-0.39, 0.29) is 12.1 Å². The Balaban J connectivity index is 1.48. The van der Waals surface area contributed by atoms with Gasteiger partial charge in [-0.1, -0.05) is 18.2 Å². The van der Waals surface area contributed by atoms with E-state index in [0.29, 0.717) is 5.82 Å². The van der Waals surface area contributed by atoms with Crippen LogP contribution in [0.25, 0.3) is 22.6 Å². The van der Waals surface area contributed by atoms with Crippen LogP contribution in [-0.4, -0.2) is 23.0 Å². The van der Waals surface area contributed by atoms with Crippen LogP contribution in [0.3, 0.4) is 0 Å². The number of benzene rings is 3. The lowest BCUT2D eigenvalue weighted by Gasteiger charge is -2.08. The van der Waals surface area contributed by atoms with Crippen molar-refractivity contribution in [1.29, 1.82) is 0 Å². The molecule has 0 bridgehead atoms. The molecule has 2 N–H and O–H groups in total. The minimum absolute atomic E-state index is 0.161. The molecule has 0 saturated carbocycles. The van der Waals surface area contributed by atoms with Gasteiger partial charge in [0.05, 0.1) is 24.6 Å². The molecule has 1 amide bonds. The summed E-state index contributed by atoms with van der Waals surface area (Å²) < 4.78 is 32.3. The third-order valence-corrected chi connectivity index (χ3v) is 4.80. The van der Waals surface area contributed by atoms with Crippen molar-refractivity contribution in [3.05, 3.63) is 95.7 Å². The Bertz CT molecular complexity index is 1220. The number of H-pyrrole nitrogens is 1. The van der Waals surface area contributed by atoms with Gasteiger partial charge >= 0.3 is 0 Å². The van der Waals surface area contributed by atoms with E-state index in [9.17, 15) is 13.6 Å². The fourth-order valence-electron chi connectivity index (χ4n) is 3.16. The zero-order valence-corrected chi connectivity index (χ0v) is 16.7. The van der Waals surface area contributed by atoms with Gasteiger partial charge < -0.3 is 15.0 Å². The predicted octanol–water partition coefficient (Wildman–Crippen LogP) is 4.96. The molecular formula is C24H19F2N3O2. The van der Waals surface area contributed by atoms with Gasteiger partial charge in [0.1, 0.15) is 23.2 Å². The summed E-state index contributed by atoms with van der Waals surface area (Å²) in [6, 6.07) is 17.9. The topological polar surface area (TPSA) is 67.0 Å². The average Bonchev–Trinajstić information content (AvgIpc) is 3.30. The highest BCUT2D eigenvalue weighted by molar-refractivity contribution is 5.94. The normalized spacial score (nSPS) is 10.7. The summed E-state index contributed by atoms with van der Waals surface area (Å²) in [5.41, 5.74) is 3.14. The Labute approximate surface area is 177 Å². The summed E-state index contributed by atoms with van der Waals surface area (Å²) in [5.74, 6) is -0.665. The quantitative estimate of drug-likeness (QED) is 0.464. The maximum absolute atomic E-state index is 13.8. The maximum Gasteiger partial charge on any atom is 0.254 e. The van der Waals surface area contributed by atoms with Gasteiger partial charge in [0.25, 0.3) is 5.91 Å². The standard InChI is InChI=1S/C24H19F2N3O2/c1-31-19-8-5-16(6-9-19)22-14-27-23(29-22)17-4-2-3-15(11-17)13-28-24(30)20-12-18(25)7-10-21(20)26/h2-12,14H,13H2,1H3,(H,27,29)(H,28,30). The van der Waals surface area contributed by atoms with Gasteiger partial charge in [-0.2, -0.15) is 0 Å². The number of rotatable bonds is 6. The van der Waals surface area contributed by atoms with Gasteiger partial charge in [-0.15, -0.1) is 0 Å². The van der Waals surface area contributed by atoms with Gasteiger partial charge in [-0.05, 0) is 59.7 Å². The Morgan fingerprint density at radius 3 is 2.61 bits per heavy atom. The maximum atomic E-state index is 13.8. The van der Waals surface area contributed by atoms with Crippen molar-refractivity contribution in [2.75, 3.05) is 7.11 Å². The highest BCUT2D eigenvalue weighted by Crippen LogP contribution is 2.24. The molecule has 5 nitrogen and oxygen atoms in total. The zero-order chi connectivity index (χ0) is 21.8. The molecule has 4 rings (SSSR count). The van der Waals surface area contributed by atoms with Gasteiger partial charge in [0.2, 0.25) is 0 Å². The molecule has 3 aromatic carbocycles. The molecule has 0 aliphatic carbocycles. The Kier molecular flexibility index (Phi) is 5.75. The number of carbonyl (C=O) groups is 1. The van der Waals surface area contributed by atoms with Crippen LogP contribution in [-0.2, 0) is 6.54 Å². The van der Waals surface area contributed by atoms with Crippen molar-refractivity contribution in [3.8, 4) is 28.4 Å². The first kappa shape index (κ1) is 20.3. The van der Waals surface area contributed by atoms with Crippen LogP contribution in [0.15, 0.2) is 72.9 Å². The fourth-order valence-corrected chi connectivity index (χ4v) is 3.16. The lowest BCUT2D eigenvalue weighted by Crippen LogP contribution is -2.24. The number of amides is 1. The molecule has 1 aromatic heterocycles. The number of aromatic nitrogens is 2. The van der Waals surface area contributed by atoms with E-state index in [4.69, 9.17) is 4.74 Å². The van der Waals surface area contributed by atoms with E-state index >= 15 is 0 Å². The van der Waals surface area contributed by atoms with Crippen LogP contribution >= 0.6 is 0 Å². The fraction of sp³-hybridized carbons (Fsp3) is 0.0833. The van der Waals surface area contributed by atoms with Crippen molar-refractivity contribution in [1.82, 2.24) is 15.3 Å². The molecule has 0 radical (unpaired) electrons. The molecule has 31 heavy (non-hydrogen) atoms. The molecule has 0 aliphatic rings. The SMILES string of the molecule is COc1ccc(-c2cnc(-c3cccc(CNC(=O)c4cc(F)ccc4F)c3)[nH]2)cc1. The third kappa shape index (κ3) is 4.61. The predicted molar refractivity (Wildman–Crippen MR) is 114 cm³/mol. The molecule has 0 unspecified atom stereocenters. The molecule has 0 aliphatic heterocycles. The first-order chi connectivity index (χ1) is 15.0. The number of halogens is 2. The second kappa shape index (κ2) is 8.79. The average molecular weight is 419 g/mol. The molecule has 7 heteroatoms. The number of carbonyl (C=O) groups excluding carboxylic acids is 1. The minimum atomic E-state index is -0.769. The molecule has 4 aromatic rings. The zero-order valence-electron chi connectivity index (χ0n) is 16.7. The van der Waals surface area contributed by atoms with Crippen LogP contribution in [0, 0.1) is 11.6 Å². The van der Waals surface area contributed by atoms with E-state index in [1.807, 2.05) is 48.5 Å². The molecule has 0 spiro atoms. The lowest BCUT2D eigenvalue weighted by atomic mass is 10.1. The summed E-state index contributed by atoms with van der Waals surface area (Å²) >= 11 is 0. The van der Waals surface area contributed by atoms with E-state index < -0.39 is 17.5 Å². The van der Waals surface area contributed by atoms with Gasteiger partial charge in [0, 0.05) is 12.1 Å². The summed E-state index contributed by atoms with van der Waals surface area (Å²) in [6.45, 7) is 0.161. The number of nitrogens with one attached hydrogen (secondary N) is 2. The Hall–Kier alpha value is -4.00.